The Bertz CT molecular complexity index is 980. The summed E-state index contributed by atoms with van der Waals surface area (Å²) in [6.07, 6.45) is 0.659. The van der Waals surface area contributed by atoms with Crippen molar-refractivity contribution in [3.63, 3.8) is 0 Å². The molecule has 0 spiro atoms. The highest BCUT2D eigenvalue weighted by atomic mass is 16.5. The number of hydrogen-bond donors (Lipinski definition) is 1. The van der Waals surface area contributed by atoms with Crippen LogP contribution >= 0.6 is 0 Å². The van der Waals surface area contributed by atoms with Crippen molar-refractivity contribution in [2.24, 2.45) is 0 Å². The summed E-state index contributed by atoms with van der Waals surface area (Å²) in [5.74, 6) is 1.59. The minimum Gasteiger partial charge on any atom is -0.497 e. The molecule has 1 aliphatic rings. The number of ether oxygens (including phenoxy) is 1. The van der Waals surface area contributed by atoms with Crippen LogP contribution in [0, 0.1) is 6.92 Å². The minimum atomic E-state index is -0.0643. The van der Waals surface area contributed by atoms with E-state index in [2.05, 4.69) is 10.2 Å². The topological polar surface area (TPSA) is 94.5 Å². The largest absolute Gasteiger partial charge is 0.497 e. The Hall–Kier alpha value is -3.09. The summed E-state index contributed by atoms with van der Waals surface area (Å²) < 4.78 is 11.0. The molecule has 0 bridgehead atoms. The number of rotatable bonds is 2. The van der Waals surface area contributed by atoms with E-state index >= 15 is 0 Å². The van der Waals surface area contributed by atoms with Crippen molar-refractivity contribution in [3.05, 3.63) is 46.8 Å². The molecule has 0 unspecified atom stereocenters. The van der Waals surface area contributed by atoms with Gasteiger partial charge in [-0.15, -0.1) is 5.10 Å². The SMILES string of the molecule is COc1ccc2oc(C)c(C(=O)N3CCc4nnc(N)cc4C3)c2c1. The van der Waals surface area contributed by atoms with E-state index in [0.29, 0.717) is 48.0 Å². The second-order valence-electron chi connectivity index (χ2n) is 6.11. The van der Waals surface area contributed by atoms with E-state index < -0.39 is 0 Å². The van der Waals surface area contributed by atoms with Gasteiger partial charge in [-0.1, -0.05) is 0 Å². The number of nitrogen functional groups attached to an aromatic ring is 1. The first-order valence-electron chi connectivity index (χ1n) is 8.04. The molecule has 7 heteroatoms. The molecule has 128 valence electrons. The molecule has 1 aliphatic heterocycles. The molecule has 0 atom stereocenters. The Labute approximate surface area is 144 Å². The number of nitrogens with two attached hydrogens (primary N) is 1. The Morgan fingerprint density at radius 2 is 2.16 bits per heavy atom. The average Bonchev–Trinajstić information content (AvgIpc) is 2.95. The predicted molar refractivity (Wildman–Crippen MR) is 92.4 cm³/mol. The zero-order valence-electron chi connectivity index (χ0n) is 14.1. The van der Waals surface area contributed by atoms with Crippen molar-refractivity contribution >= 4 is 22.7 Å². The minimum absolute atomic E-state index is 0.0643. The second kappa shape index (κ2) is 5.77. The highest BCUT2D eigenvalue weighted by Gasteiger charge is 2.27. The van der Waals surface area contributed by atoms with Crippen molar-refractivity contribution < 1.29 is 13.9 Å². The second-order valence-corrected chi connectivity index (χ2v) is 6.11. The third-order valence-electron chi connectivity index (χ3n) is 4.53. The molecule has 3 aromatic rings. The van der Waals surface area contributed by atoms with Gasteiger partial charge in [0.2, 0.25) is 0 Å². The first-order valence-corrected chi connectivity index (χ1v) is 8.04. The maximum Gasteiger partial charge on any atom is 0.258 e. The van der Waals surface area contributed by atoms with E-state index in [1.54, 1.807) is 25.0 Å². The lowest BCUT2D eigenvalue weighted by molar-refractivity contribution is 0.0733. The van der Waals surface area contributed by atoms with Crippen LogP contribution in [0.3, 0.4) is 0 Å². The van der Waals surface area contributed by atoms with Crippen LogP contribution in [0.4, 0.5) is 5.82 Å². The summed E-state index contributed by atoms with van der Waals surface area (Å²) >= 11 is 0. The van der Waals surface area contributed by atoms with Crippen LogP contribution < -0.4 is 10.5 Å². The van der Waals surface area contributed by atoms with Crippen molar-refractivity contribution in [2.75, 3.05) is 19.4 Å². The van der Waals surface area contributed by atoms with Crippen LogP contribution in [0.2, 0.25) is 0 Å². The highest BCUT2D eigenvalue weighted by molar-refractivity contribution is 6.07. The van der Waals surface area contributed by atoms with Crippen LogP contribution in [0.25, 0.3) is 11.0 Å². The van der Waals surface area contributed by atoms with Crippen LogP contribution in [0.1, 0.15) is 27.4 Å². The van der Waals surface area contributed by atoms with E-state index in [9.17, 15) is 4.79 Å². The first kappa shape index (κ1) is 15.4. The van der Waals surface area contributed by atoms with Crippen molar-refractivity contribution in [1.82, 2.24) is 15.1 Å². The number of anilines is 1. The van der Waals surface area contributed by atoms with E-state index in [1.807, 2.05) is 18.2 Å². The summed E-state index contributed by atoms with van der Waals surface area (Å²) in [6.45, 7) is 2.85. The van der Waals surface area contributed by atoms with Gasteiger partial charge >= 0.3 is 0 Å². The van der Waals surface area contributed by atoms with Gasteiger partial charge < -0.3 is 19.8 Å². The molecular weight excluding hydrogens is 320 g/mol. The molecule has 7 nitrogen and oxygen atoms in total. The lowest BCUT2D eigenvalue weighted by Crippen LogP contribution is -2.36. The Balaban J connectivity index is 1.72. The summed E-state index contributed by atoms with van der Waals surface area (Å²) in [6, 6.07) is 7.25. The number of aryl methyl sites for hydroxylation is 1. The van der Waals surface area contributed by atoms with Crippen molar-refractivity contribution in [2.45, 2.75) is 19.9 Å². The third-order valence-corrected chi connectivity index (χ3v) is 4.53. The van der Waals surface area contributed by atoms with Gasteiger partial charge in [-0.25, -0.2) is 0 Å². The normalized spacial score (nSPS) is 13.8. The number of amides is 1. The van der Waals surface area contributed by atoms with Crippen LogP contribution in [0.15, 0.2) is 28.7 Å². The Morgan fingerprint density at radius 1 is 1.32 bits per heavy atom. The van der Waals surface area contributed by atoms with Gasteiger partial charge in [0, 0.05) is 24.9 Å². The number of carbonyl (C=O) groups excluding carboxylic acids is 1. The lowest BCUT2D eigenvalue weighted by Gasteiger charge is -2.28. The molecule has 1 aromatic carbocycles. The smallest absolute Gasteiger partial charge is 0.258 e. The van der Waals surface area contributed by atoms with Gasteiger partial charge in [0.1, 0.15) is 22.9 Å². The number of furan rings is 1. The lowest BCUT2D eigenvalue weighted by atomic mass is 10.0. The fourth-order valence-corrected chi connectivity index (χ4v) is 3.27. The summed E-state index contributed by atoms with van der Waals surface area (Å²) in [5, 5.41) is 8.76. The van der Waals surface area contributed by atoms with Crippen molar-refractivity contribution in [3.8, 4) is 5.75 Å². The van der Waals surface area contributed by atoms with Crippen LogP contribution in [-0.4, -0.2) is 34.7 Å². The number of benzene rings is 1. The highest BCUT2D eigenvalue weighted by Crippen LogP contribution is 2.31. The molecule has 25 heavy (non-hydrogen) atoms. The molecule has 0 radical (unpaired) electrons. The predicted octanol–water partition coefficient (Wildman–Crippen LogP) is 2.32. The maximum atomic E-state index is 13.1. The number of fused-ring (bicyclic) bond motifs is 2. The maximum absolute atomic E-state index is 13.1. The van der Waals surface area contributed by atoms with Gasteiger partial charge in [0.05, 0.1) is 18.4 Å². The van der Waals surface area contributed by atoms with E-state index in [0.717, 1.165) is 16.6 Å². The monoisotopic (exact) mass is 338 g/mol. The molecule has 0 aliphatic carbocycles. The molecule has 0 saturated heterocycles. The van der Waals surface area contributed by atoms with E-state index in [-0.39, 0.29) is 5.91 Å². The molecular formula is C18H18N4O3. The fourth-order valence-electron chi connectivity index (χ4n) is 3.27. The average molecular weight is 338 g/mol. The summed E-state index contributed by atoms with van der Waals surface area (Å²) in [4.78, 5) is 14.9. The molecule has 0 fully saturated rings. The number of methoxy groups -OCH3 is 1. The van der Waals surface area contributed by atoms with Gasteiger partial charge in [0.25, 0.3) is 5.91 Å². The number of hydrogen-bond acceptors (Lipinski definition) is 6. The number of nitrogens with zero attached hydrogens (tertiary/aromatic N) is 3. The standard InChI is InChI=1S/C18H18N4O3/c1-10-17(13-8-12(24-2)3-4-15(13)25-10)18(23)22-6-5-14-11(9-22)7-16(19)21-20-14/h3-4,7-8H,5-6,9H2,1-2H3,(H2,19,21). The molecule has 0 saturated carbocycles. The number of aromatic nitrogens is 2. The molecule has 2 N–H and O–H groups in total. The zero-order chi connectivity index (χ0) is 17.6. The van der Waals surface area contributed by atoms with E-state index in [1.165, 1.54) is 0 Å². The first-order chi connectivity index (χ1) is 12.1. The van der Waals surface area contributed by atoms with Crippen LogP contribution in [0.5, 0.6) is 5.75 Å². The fraction of sp³-hybridized carbons (Fsp3) is 0.278. The van der Waals surface area contributed by atoms with Gasteiger partial charge in [-0.3, -0.25) is 4.79 Å². The van der Waals surface area contributed by atoms with Gasteiger partial charge in [-0.2, -0.15) is 5.10 Å². The molecule has 1 amide bonds. The molecule has 2 aromatic heterocycles. The van der Waals surface area contributed by atoms with Crippen molar-refractivity contribution in [1.29, 1.82) is 0 Å². The van der Waals surface area contributed by atoms with E-state index in [4.69, 9.17) is 14.9 Å². The molecule has 3 heterocycles. The summed E-state index contributed by atoms with van der Waals surface area (Å²) in [7, 11) is 1.60. The molecule has 4 rings (SSSR count). The van der Waals surface area contributed by atoms with Gasteiger partial charge in [-0.05, 0) is 36.8 Å². The third kappa shape index (κ3) is 2.57. The Morgan fingerprint density at radius 3 is 2.96 bits per heavy atom. The van der Waals surface area contributed by atoms with Gasteiger partial charge in [0.15, 0.2) is 0 Å². The van der Waals surface area contributed by atoms with Crippen LogP contribution in [-0.2, 0) is 13.0 Å². The Kier molecular flexibility index (Phi) is 3.56. The zero-order valence-corrected chi connectivity index (χ0v) is 14.1. The summed E-state index contributed by atoms with van der Waals surface area (Å²) in [5.41, 5.74) is 8.81. The number of carbonyl (C=O) groups is 1. The quantitative estimate of drug-likeness (QED) is 0.770.